The molecular formula is C20H23NO3. The van der Waals surface area contributed by atoms with Crippen molar-refractivity contribution in [2.24, 2.45) is 5.92 Å². The van der Waals surface area contributed by atoms with E-state index in [4.69, 9.17) is 4.74 Å². The van der Waals surface area contributed by atoms with Gasteiger partial charge in [0.1, 0.15) is 0 Å². The number of hydrogen-bond donors (Lipinski definition) is 1. The molecular weight excluding hydrogens is 302 g/mol. The van der Waals surface area contributed by atoms with Crippen molar-refractivity contribution >= 4 is 11.9 Å². The largest absolute Gasteiger partial charge is 0.452 e. The molecule has 2 rings (SSSR count). The third-order valence-electron chi connectivity index (χ3n) is 3.52. The van der Waals surface area contributed by atoms with Gasteiger partial charge >= 0.3 is 5.97 Å². The fourth-order valence-corrected chi connectivity index (χ4v) is 2.27. The zero-order chi connectivity index (χ0) is 17.4. The Hall–Kier alpha value is -2.62. The minimum absolute atomic E-state index is 0.259. The van der Waals surface area contributed by atoms with Crippen LogP contribution in [-0.2, 0) is 16.0 Å². The molecule has 2 aromatic rings. The lowest BCUT2D eigenvalue weighted by molar-refractivity contribution is -0.124. The Bertz CT molecular complexity index is 680. The number of ether oxygens (including phenoxy) is 1. The smallest absolute Gasteiger partial charge is 0.338 e. The summed E-state index contributed by atoms with van der Waals surface area (Å²) >= 11 is 0. The van der Waals surface area contributed by atoms with Gasteiger partial charge in [-0.1, -0.05) is 62.4 Å². The van der Waals surface area contributed by atoms with Gasteiger partial charge in [-0.05, 0) is 29.5 Å². The number of rotatable bonds is 7. The number of esters is 1. The van der Waals surface area contributed by atoms with E-state index in [1.165, 1.54) is 0 Å². The van der Waals surface area contributed by atoms with Crippen LogP contribution >= 0.6 is 0 Å². The van der Waals surface area contributed by atoms with Gasteiger partial charge in [0.15, 0.2) is 6.61 Å². The molecule has 0 aliphatic rings. The van der Waals surface area contributed by atoms with E-state index < -0.39 is 5.97 Å². The van der Waals surface area contributed by atoms with Crippen LogP contribution in [0.25, 0.3) is 0 Å². The van der Waals surface area contributed by atoms with Crippen LogP contribution in [0.3, 0.4) is 0 Å². The van der Waals surface area contributed by atoms with Gasteiger partial charge in [-0.3, -0.25) is 4.79 Å². The fourth-order valence-electron chi connectivity index (χ4n) is 2.27. The van der Waals surface area contributed by atoms with Crippen molar-refractivity contribution in [1.29, 1.82) is 0 Å². The van der Waals surface area contributed by atoms with Gasteiger partial charge < -0.3 is 10.1 Å². The van der Waals surface area contributed by atoms with E-state index in [9.17, 15) is 9.59 Å². The van der Waals surface area contributed by atoms with Crippen molar-refractivity contribution in [2.75, 3.05) is 13.2 Å². The second-order valence-corrected chi connectivity index (χ2v) is 6.09. The summed E-state index contributed by atoms with van der Waals surface area (Å²) < 4.78 is 5.15. The highest BCUT2D eigenvalue weighted by atomic mass is 16.5. The molecule has 1 N–H and O–H groups in total. The van der Waals surface area contributed by atoms with Gasteiger partial charge in [-0.2, -0.15) is 0 Å². The molecule has 0 fully saturated rings. The molecule has 0 aliphatic heterocycles. The van der Waals surface area contributed by atoms with Crippen LogP contribution in [-0.4, -0.2) is 25.0 Å². The van der Waals surface area contributed by atoms with Crippen molar-refractivity contribution in [1.82, 2.24) is 5.32 Å². The summed E-state index contributed by atoms with van der Waals surface area (Å²) in [7, 11) is 0. The van der Waals surface area contributed by atoms with E-state index in [0.29, 0.717) is 24.4 Å². The average molecular weight is 325 g/mol. The van der Waals surface area contributed by atoms with E-state index in [2.05, 4.69) is 5.32 Å². The predicted molar refractivity (Wildman–Crippen MR) is 93.8 cm³/mol. The van der Waals surface area contributed by atoms with E-state index in [1.807, 2.05) is 56.3 Å². The zero-order valence-corrected chi connectivity index (χ0v) is 14.1. The molecule has 1 amide bonds. The summed E-state index contributed by atoms with van der Waals surface area (Å²) in [5.74, 6) is -0.393. The van der Waals surface area contributed by atoms with E-state index >= 15 is 0 Å². The molecule has 24 heavy (non-hydrogen) atoms. The summed E-state index contributed by atoms with van der Waals surface area (Å²) in [5, 5.41) is 2.73. The minimum atomic E-state index is -0.471. The van der Waals surface area contributed by atoms with Crippen LogP contribution < -0.4 is 5.32 Å². The number of benzene rings is 2. The van der Waals surface area contributed by atoms with Crippen LogP contribution in [0.4, 0.5) is 0 Å². The maximum atomic E-state index is 12.3. The number of carbonyl (C=O) groups excluding carboxylic acids is 2. The highest BCUT2D eigenvalue weighted by Crippen LogP contribution is 2.15. The van der Waals surface area contributed by atoms with Crippen molar-refractivity contribution in [3.8, 4) is 0 Å². The summed E-state index contributed by atoms with van der Waals surface area (Å²) in [6, 6.07) is 17.2. The quantitative estimate of drug-likeness (QED) is 0.795. The number of amides is 1. The first-order chi connectivity index (χ1) is 11.6. The Morgan fingerprint density at radius 2 is 1.67 bits per heavy atom. The minimum Gasteiger partial charge on any atom is -0.452 e. The third-order valence-corrected chi connectivity index (χ3v) is 3.52. The highest BCUT2D eigenvalue weighted by molar-refractivity contribution is 5.92. The normalized spacial score (nSPS) is 10.5. The first-order valence-corrected chi connectivity index (χ1v) is 8.12. The van der Waals surface area contributed by atoms with E-state index in [0.717, 1.165) is 11.1 Å². The molecule has 126 valence electrons. The lowest BCUT2D eigenvalue weighted by atomic mass is 10.00. The topological polar surface area (TPSA) is 55.4 Å². The second kappa shape index (κ2) is 8.87. The third kappa shape index (κ3) is 5.54. The summed E-state index contributed by atoms with van der Waals surface area (Å²) in [4.78, 5) is 24.0. The van der Waals surface area contributed by atoms with Crippen LogP contribution in [0.15, 0.2) is 54.6 Å². The Balaban J connectivity index is 1.98. The SMILES string of the molecule is CC(C)CNC(=O)COC(=O)c1ccccc1Cc1ccccc1. The molecule has 0 atom stereocenters. The standard InChI is InChI=1S/C20H23NO3/c1-15(2)13-21-19(22)14-24-20(23)18-11-7-6-10-17(18)12-16-8-4-3-5-9-16/h3-11,15H,12-14H2,1-2H3,(H,21,22). The maximum absolute atomic E-state index is 12.3. The second-order valence-electron chi connectivity index (χ2n) is 6.09. The number of nitrogens with one attached hydrogen (secondary N) is 1. The average Bonchev–Trinajstić information content (AvgIpc) is 2.59. The van der Waals surface area contributed by atoms with Gasteiger partial charge in [0.05, 0.1) is 5.56 Å². The van der Waals surface area contributed by atoms with Gasteiger partial charge in [-0.15, -0.1) is 0 Å². The monoisotopic (exact) mass is 325 g/mol. The zero-order valence-electron chi connectivity index (χ0n) is 14.1. The van der Waals surface area contributed by atoms with Crippen molar-refractivity contribution in [3.63, 3.8) is 0 Å². The molecule has 0 spiro atoms. The Kier molecular flexibility index (Phi) is 6.55. The molecule has 0 heterocycles. The summed E-state index contributed by atoms with van der Waals surface area (Å²) in [6.07, 6.45) is 0.645. The molecule has 0 saturated heterocycles. The molecule has 0 saturated carbocycles. The lowest BCUT2D eigenvalue weighted by Gasteiger charge is -2.11. The van der Waals surface area contributed by atoms with Crippen molar-refractivity contribution < 1.29 is 14.3 Å². The molecule has 0 bridgehead atoms. The van der Waals surface area contributed by atoms with Crippen LogP contribution in [0.5, 0.6) is 0 Å². The van der Waals surface area contributed by atoms with E-state index in [1.54, 1.807) is 12.1 Å². The molecule has 0 aliphatic carbocycles. The predicted octanol–water partition coefficient (Wildman–Crippen LogP) is 3.21. The first kappa shape index (κ1) is 17.7. The highest BCUT2D eigenvalue weighted by Gasteiger charge is 2.14. The van der Waals surface area contributed by atoms with Gasteiger partial charge in [0.25, 0.3) is 5.91 Å². The molecule has 4 nitrogen and oxygen atoms in total. The van der Waals surface area contributed by atoms with Crippen LogP contribution in [0, 0.1) is 5.92 Å². The first-order valence-electron chi connectivity index (χ1n) is 8.12. The molecule has 4 heteroatoms. The van der Waals surface area contributed by atoms with Crippen LogP contribution in [0.2, 0.25) is 0 Å². The number of carbonyl (C=O) groups is 2. The fraction of sp³-hybridized carbons (Fsp3) is 0.300. The van der Waals surface area contributed by atoms with E-state index in [-0.39, 0.29) is 12.5 Å². The van der Waals surface area contributed by atoms with Crippen molar-refractivity contribution in [3.05, 3.63) is 71.3 Å². The molecule has 0 aromatic heterocycles. The maximum Gasteiger partial charge on any atom is 0.338 e. The Morgan fingerprint density at radius 3 is 2.38 bits per heavy atom. The van der Waals surface area contributed by atoms with Crippen LogP contribution in [0.1, 0.15) is 35.3 Å². The van der Waals surface area contributed by atoms with Crippen molar-refractivity contribution in [2.45, 2.75) is 20.3 Å². The van der Waals surface area contributed by atoms with Gasteiger partial charge in [0, 0.05) is 6.54 Å². The van der Waals surface area contributed by atoms with Gasteiger partial charge in [0.2, 0.25) is 0 Å². The summed E-state index contributed by atoms with van der Waals surface area (Å²) in [5.41, 5.74) is 2.50. The summed E-state index contributed by atoms with van der Waals surface area (Å²) in [6.45, 7) is 4.32. The number of hydrogen-bond acceptors (Lipinski definition) is 3. The lowest BCUT2D eigenvalue weighted by Crippen LogP contribution is -2.31. The van der Waals surface area contributed by atoms with Gasteiger partial charge in [-0.25, -0.2) is 4.79 Å². The molecule has 0 unspecified atom stereocenters. The molecule has 2 aromatic carbocycles. The molecule has 0 radical (unpaired) electrons. The Morgan fingerprint density at radius 1 is 1.00 bits per heavy atom. The Labute approximate surface area is 142 Å².